The summed E-state index contributed by atoms with van der Waals surface area (Å²) < 4.78 is 10.3. The lowest BCUT2D eigenvalue weighted by Gasteiger charge is -2.32. The van der Waals surface area contributed by atoms with E-state index < -0.39 is 29.4 Å². The Morgan fingerprint density at radius 3 is 2.82 bits per heavy atom. The minimum absolute atomic E-state index is 0.139. The van der Waals surface area contributed by atoms with Gasteiger partial charge in [0.1, 0.15) is 12.7 Å². The van der Waals surface area contributed by atoms with E-state index in [0.29, 0.717) is 25.1 Å². The molecule has 2 N–H and O–H groups in total. The van der Waals surface area contributed by atoms with Gasteiger partial charge < -0.3 is 19.7 Å². The summed E-state index contributed by atoms with van der Waals surface area (Å²) in [5, 5.41) is 20.6. The Balaban J connectivity index is 2.01. The van der Waals surface area contributed by atoms with Crippen molar-refractivity contribution >= 4 is 11.9 Å². The van der Waals surface area contributed by atoms with Crippen molar-refractivity contribution in [2.24, 2.45) is 0 Å². The second kappa shape index (κ2) is 5.98. The Labute approximate surface area is 129 Å². The van der Waals surface area contributed by atoms with E-state index in [-0.39, 0.29) is 13.0 Å². The van der Waals surface area contributed by atoms with E-state index in [2.05, 4.69) is 0 Å². The minimum Gasteiger partial charge on any atom is -0.458 e. The van der Waals surface area contributed by atoms with Gasteiger partial charge in [-0.3, -0.25) is 9.69 Å². The van der Waals surface area contributed by atoms with E-state index in [0.717, 1.165) is 0 Å². The third kappa shape index (κ3) is 2.76. The Bertz CT molecular complexity index is 504. The van der Waals surface area contributed by atoms with Crippen molar-refractivity contribution in [3.05, 3.63) is 11.6 Å². The molecule has 2 rings (SSSR count). The number of aliphatic hydroxyl groups is 2. The second-order valence-electron chi connectivity index (χ2n) is 5.96. The van der Waals surface area contributed by atoms with Crippen LogP contribution >= 0.6 is 0 Å². The van der Waals surface area contributed by atoms with Gasteiger partial charge in [-0.2, -0.15) is 0 Å². The highest BCUT2D eigenvalue weighted by Gasteiger charge is 2.52. The van der Waals surface area contributed by atoms with Crippen LogP contribution in [0.4, 0.5) is 0 Å². The van der Waals surface area contributed by atoms with Crippen LogP contribution in [-0.2, 0) is 19.1 Å². The molecule has 3 unspecified atom stereocenters. The average Bonchev–Trinajstić information content (AvgIpc) is 2.92. The van der Waals surface area contributed by atoms with Crippen molar-refractivity contribution in [1.82, 2.24) is 4.90 Å². The van der Waals surface area contributed by atoms with Crippen molar-refractivity contribution < 1.29 is 29.3 Å². The van der Waals surface area contributed by atoms with Gasteiger partial charge in [0.2, 0.25) is 5.60 Å². The molecular formula is C15H23NO6. The first-order valence-corrected chi connectivity index (χ1v) is 7.46. The summed E-state index contributed by atoms with van der Waals surface area (Å²) in [6, 6.07) is 0. The van der Waals surface area contributed by atoms with E-state index >= 15 is 0 Å². The summed E-state index contributed by atoms with van der Waals surface area (Å²) in [6.45, 7) is 5.40. The lowest BCUT2D eigenvalue weighted by atomic mass is 10.00. The molecule has 124 valence electrons. The van der Waals surface area contributed by atoms with Crippen LogP contribution in [0.5, 0.6) is 0 Å². The number of hydrogen-bond donors (Lipinski definition) is 2. The first kappa shape index (κ1) is 16.9. The zero-order valence-corrected chi connectivity index (χ0v) is 13.2. The van der Waals surface area contributed by atoms with Crippen LogP contribution in [0, 0.1) is 0 Å². The molecule has 7 heteroatoms. The summed E-state index contributed by atoms with van der Waals surface area (Å²) >= 11 is 0. The number of fused-ring (bicyclic) bond motifs is 1. The largest absolute Gasteiger partial charge is 0.458 e. The monoisotopic (exact) mass is 313 g/mol. The van der Waals surface area contributed by atoms with Gasteiger partial charge in [0, 0.05) is 25.6 Å². The van der Waals surface area contributed by atoms with E-state index in [4.69, 9.17) is 9.47 Å². The molecule has 3 atom stereocenters. The van der Waals surface area contributed by atoms with E-state index in [1.807, 2.05) is 0 Å². The molecule has 0 amide bonds. The third-order valence-electron chi connectivity index (χ3n) is 4.48. The molecule has 2 heterocycles. The molecule has 2 aliphatic rings. The van der Waals surface area contributed by atoms with E-state index in [1.54, 1.807) is 17.9 Å². The fourth-order valence-corrected chi connectivity index (χ4v) is 2.92. The lowest BCUT2D eigenvalue weighted by Crippen LogP contribution is -2.50. The molecule has 1 saturated heterocycles. The fraction of sp³-hybridized carbons (Fsp3) is 0.733. The molecule has 1 fully saturated rings. The second-order valence-corrected chi connectivity index (χ2v) is 5.96. The number of aliphatic hydroxyl groups excluding tert-OH is 1. The number of esters is 2. The van der Waals surface area contributed by atoms with Crippen LogP contribution in [0.25, 0.3) is 0 Å². The van der Waals surface area contributed by atoms with Gasteiger partial charge in [0.05, 0.1) is 0 Å². The number of nitrogens with zero attached hydrogens (tertiary/aromatic N) is 1. The number of hydrogen-bond acceptors (Lipinski definition) is 7. The van der Waals surface area contributed by atoms with Crippen molar-refractivity contribution in [3.63, 3.8) is 0 Å². The van der Waals surface area contributed by atoms with E-state index in [1.165, 1.54) is 13.8 Å². The normalized spacial score (nSPS) is 30.4. The van der Waals surface area contributed by atoms with E-state index in [9.17, 15) is 19.8 Å². The summed E-state index contributed by atoms with van der Waals surface area (Å²) in [5.41, 5.74) is -2.33. The topological polar surface area (TPSA) is 96.3 Å². The smallest absolute Gasteiger partial charge is 0.350 e. The molecule has 22 heavy (non-hydrogen) atoms. The van der Waals surface area contributed by atoms with Gasteiger partial charge in [-0.05, 0) is 19.8 Å². The quantitative estimate of drug-likeness (QED) is 0.543. The zero-order valence-electron chi connectivity index (χ0n) is 13.2. The van der Waals surface area contributed by atoms with Gasteiger partial charge >= 0.3 is 11.9 Å². The molecular weight excluding hydrogens is 290 g/mol. The number of rotatable bonds is 5. The number of carbonyl (C=O) groups excluding carboxylic acids is 2. The Hall–Kier alpha value is -1.44. The minimum atomic E-state index is -1.45. The standard InChI is InChI=1S/C15H23NO6/c1-4-14(3,22-10(2)17)13(19)21-9-11-5-7-16-8-6-12(18)15(11,16)20/h5,12,18,20H,4,6-9H2,1-3H3. The molecule has 0 aromatic heterocycles. The molecule has 0 aliphatic carbocycles. The van der Waals surface area contributed by atoms with Crippen molar-refractivity contribution in [1.29, 1.82) is 0 Å². The summed E-state index contributed by atoms with van der Waals surface area (Å²) in [4.78, 5) is 25.0. The van der Waals surface area contributed by atoms with Crippen LogP contribution in [0.3, 0.4) is 0 Å². The van der Waals surface area contributed by atoms with Crippen molar-refractivity contribution in [2.75, 3.05) is 19.7 Å². The Morgan fingerprint density at radius 2 is 2.23 bits per heavy atom. The maximum absolute atomic E-state index is 12.2. The summed E-state index contributed by atoms with van der Waals surface area (Å²) in [6.07, 6.45) is 1.61. The zero-order chi connectivity index (χ0) is 16.5. The highest BCUT2D eigenvalue weighted by molar-refractivity contribution is 5.82. The number of carbonyl (C=O) groups is 2. The first-order chi connectivity index (χ1) is 10.2. The molecule has 0 aromatic rings. The van der Waals surface area contributed by atoms with Crippen LogP contribution in [0.1, 0.15) is 33.6 Å². The summed E-state index contributed by atoms with van der Waals surface area (Å²) in [5.74, 6) is -1.22. The highest BCUT2D eigenvalue weighted by atomic mass is 16.6. The van der Waals surface area contributed by atoms with Crippen LogP contribution < -0.4 is 0 Å². The SMILES string of the molecule is CCC(C)(OC(C)=O)C(=O)OCC1=CCN2CCC(O)C12O. The first-order valence-electron chi connectivity index (χ1n) is 7.46. The number of ether oxygens (including phenoxy) is 2. The Morgan fingerprint density at radius 1 is 1.55 bits per heavy atom. The van der Waals surface area contributed by atoms with Gasteiger partial charge in [0.25, 0.3) is 0 Å². The van der Waals surface area contributed by atoms with Gasteiger partial charge in [0.15, 0.2) is 5.72 Å². The molecule has 0 bridgehead atoms. The predicted octanol–water partition coefficient (Wildman–Crippen LogP) is -0.0434. The predicted molar refractivity (Wildman–Crippen MR) is 76.7 cm³/mol. The van der Waals surface area contributed by atoms with Crippen LogP contribution in [0.2, 0.25) is 0 Å². The highest BCUT2D eigenvalue weighted by Crippen LogP contribution is 2.38. The molecule has 2 aliphatic heterocycles. The average molecular weight is 313 g/mol. The Kier molecular flexibility index (Phi) is 4.60. The van der Waals surface area contributed by atoms with Crippen molar-refractivity contribution in [2.45, 2.75) is 51.0 Å². The van der Waals surface area contributed by atoms with Gasteiger partial charge in [-0.25, -0.2) is 4.79 Å². The maximum atomic E-state index is 12.2. The van der Waals surface area contributed by atoms with Crippen molar-refractivity contribution in [3.8, 4) is 0 Å². The molecule has 0 radical (unpaired) electrons. The maximum Gasteiger partial charge on any atom is 0.350 e. The summed E-state index contributed by atoms with van der Waals surface area (Å²) in [7, 11) is 0. The van der Waals surface area contributed by atoms with Crippen LogP contribution in [0.15, 0.2) is 11.6 Å². The fourth-order valence-electron chi connectivity index (χ4n) is 2.92. The molecule has 0 spiro atoms. The molecule has 0 saturated carbocycles. The molecule has 7 nitrogen and oxygen atoms in total. The van der Waals surface area contributed by atoms with Crippen LogP contribution in [-0.4, -0.2) is 64.2 Å². The van der Waals surface area contributed by atoms with Gasteiger partial charge in [-0.15, -0.1) is 0 Å². The molecule has 0 aromatic carbocycles. The third-order valence-corrected chi connectivity index (χ3v) is 4.48. The lowest BCUT2D eigenvalue weighted by molar-refractivity contribution is -0.180. The van der Waals surface area contributed by atoms with Gasteiger partial charge in [-0.1, -0.05) is 13.0 Å².